The smallest absolute Gasteiger partial charge is 0.161 e. The Morgan fingerprint density at radius 1 is 1.42 bits per heavy atom. The second kappa shape index (κ2) is 8.93. The van der Waals surface area contributed by atoms with E-state index in [9.17, 15) is 0 Å². The Morgan fingerprint density at radius 2 is 2.21 bits per heavy atom. The zero-order chi connectivity index (χ0) is 14.1. The third kappa shape index (κ3) is 4.84. The topological polar surface area (TPSA) is 48.3 Å². The predicted molar refractivity (Wildman–Crippen MR) is 76.5 cm³/mol. The van der Waals surface area contributed by atoms with Crippen LogP contribution < -0.4 is 10.1 Å². The summed E-state index contributed by atoms with van der Waals surface area (Å²) in [6.07, 6.45) is 4.94. The van der Waals surface area contributed by atoms with E-state index in [0.717, 1.165) is 50.5 Å². The van der Waals surface area contributed by atoms with E-state index in [4.69, 9.17) is 9.47 Å². The molecule has 0 aliphatic rings. The molecule has 1 atom stereocenters. The van der Waals surface area contributed by atoms with E-state index in [2.05, 4.69) is 17.3 Å². The van der Waals surface area contributed by atoms with E-state index >= 15 is 0 Å². The van der Waals surface area contributed by atoms with E-state index in [1.54, 1.807) is 13.3 Å². The van der Waals surface area contributed by atoms with Gasteiger partial charge in [-0.25, -0.2) is 0 Å². The largest absolute Gasteiger partial charge is 0.493 e. The minimum absolute atomic E-state index is 0.267. The van der Waals surface area contributed by atoms with Crippen LogP contribution in [-0.4, -0.2) is 36.6 Å². The minimum atomic E-state index is 0.267. The van der Waals surface area contributed by atoms with E-state index < -0.39 is 0 Å². The molecule has 5 heteroatoms. The van der Waals surface area contributed by atoms with Gasteiger partial charge in [0.05, 0.1) is 25.0 Å². The van der Waals surface area contributed by atoms with Gasteiger partial charge in [-0.1, -0.05) is 6.92 Å². The quantitative estimate of drug-likeness (QED) is 0.662. The van der Waals surface area contributed by atoms with Crippen molar-refractivity contribution >= 4 is 0 Å². The Balaban J connectivity index is 2.68. The second-order valence-electron chi connectivity index (χ2n) is 4.57. The zero-order valence-corrected chi connectivity index (χ0v) is 12.6. The van der Waals surface area contributed by atoms with Gasteiger partial charge in [0.1, 0.15) is 0 Å². The van der Waals surface area contributed by atoms with E-state index in [1.165, 1.54) is 0 Å². The van der Waals surface area contributed by atoms with Crippen LogP contribution in [0.1, 0.15) is 44.8 Å². The zero-order valence-electron chi connectivity index (χ0n) is 12.6. The van der Waals surface area contributed by atoms with Crippen molar-refractivity contribution in [2.45, 2.75) is 39.2 Å². The third-order valence-electron chi connectivity index (χ3n) is 3.13. The van der Waals surface area contributed by atoms with Crippen molar-refractivity contribution in [3.8, 4) is 5.75 Å². The maximum atomic E-state index is 5.41. The molecule has 1 aromatic rings. The van der Waals surface area contributed by atoms with Crippen molar-refractivity contribution in [3.05, 3.63) is 11.9 Å². The summed E-state index contributed by atoms with van der Waals surface area (Å²) in [5.41, 5.74) is 1.12. The molecule has 0 radical (unpaired) electrons. The lowest BCUT2D eigenvalue weighted by molar-refractivity contribution is 0.140. The number of hydrogen-bond acceptors (Lipinski definition) is 4. The van der Waals surface area contributed by atoms with Crippen LogP contribution in [0.15, 0.2) is 6.20 Å². The number of aromatic nitrogens is 2. The minimum Gasteiger partial charge on any atom is -0.493 e. The van der Waals surface area contributed by atoms with Crippen LogP contribution in [0.5, 0.6) is 5.75 Å². The first-order valence-electron chi connectivity index (χ1n) is 7.11. The molecule has 0 aliphatic heterocycles. The first kappa shape index (κ1) is 16.0. The number of methoxy groups -OCH3 is 1. The van der Waals surface area contributed by atoms with Gasteiger partial charge >= 0.3 is 0 Å². The summed E-state index contributed by atoms with van der Waals surface area (Å²) in [4.78, 5) is 0. The van der Waals surface area contributed by atoms with Crippen LogP contribution in [0.4, 0.5) is 0 Å². The number of nitrogens with zero attached hydrogens (tertiary/aromatic N) is 2. The fourth-order valence-electron chi connectivity index (χ4n) is 2.17. The molecule has 19 heavy (non-hydrogen) atoms. The van der Waals surface area contributed by atoms with Crippen molar-refractivity contribution in [2.24, 2.45) is 7.05 Å². The third-order valence-corrected chi connectivity index (χ3v) is 3.13. The number of ether oxygens (including phenoxy) is 2. The first-order chi connectivity index (χ1) is 9.24. The molecule has 0 saturated carbocycles. The number of nitrogens with one attached hydrogen (secondary N) is 1. The fraction of sp³-hybridized carbons (Fsp3) is 0.786. The van der Waals surface area contributed by atoms with Crippen LogP contribution >= 0.6 is 0 Å². The molecule has 0 fully saturated rings. The van der Waals surface area contributed by atoms with Gasteiger partial charge in [-0.3, -0.25) is 4.68 Å². The van der Waals surface area contributed by atoms with Gasteiger partial charge in [-0.05, 0) is 32.7 Å². The average Bonchev–Trinajstić information content (AvgIpc) is 2.79. The molecule has 1 unspecified atom stereocenters. The van der Waals surface area contributed by atoms with Crippen LogP contribution in [0, 0.1) is 0 Å². The molecule has 110 valence electrons. The highest BCUT2D eigenvalue weighted by molar-refractivity contribution is 5.28. The number of hydrogen-bond donors (Lipinski definition) is 1. The Kier molecular flexibility index (Phi) is 7.52. The molecule has 0 saturated heterocycles. The lowest BCUT2D eigenvalue weighted by atomic mass is 10.1. The van der Waals surface area contributed by atoms with Gasteiger partial charge < -0.3 is 14.8 Å². The molecule has 5 nitrogen and oxygen atoms in total. The SMILES string of the molecule is CCCNC(CCCOCC)c1c(OC)cnn1C. The fourth-order valence-corrected chi connectivity index (χ4v) is 2.17. The Bertz CT molecular complexity index is 352. The highest BCUT2D eigenvalue weighted by Crippen LogP contribution is 2.27. The molecule has 1 aromatic heterocycles. The van der Waals surface area contributed by atoms with Gasteiger partial charge in [0, 0.05) is 20.3 Å². The van der Waals surface area contributed by atoms with Gasteiger partial charge in [0.25, 0.3) is 0 Å². The molecule has 0 aliphatic carbocycles. The van der Waals surface area contributed by atoms with Crippen molar-refractivity contribution in [1.82, 2.24) is 15.1 Å². The van der Waals surface area contributed by atoms with Crippen LogP contribution in [-0.2, 0) is 11.8 Å². The molecule has 0 aromatic carbocycles. The van der Waals surface area contributed by atoms with Crippen LogP contribution in [0.2, 0.25) is 0 Å². The van der Waals surface area contributed by atoms with Crippen molar-refractivity contribution in [1.29, 1.82) is 0 Å². The molecule has 1 heterocycles. The van der Waals surface area contributed by atoms with Gasteiger partial charge in [-0.15, -0.1) is 0 Å². The molecular weight excluding hydrogens is 242 g/mol. The van der Waals surface area contributed by atoms with Crippen LogP contribution in [0.3, 0.4) is 0 Å². The maximum absolute atomic E-state index is 5.41. The predicted octanol–water partition coefficient (Wildman–Crippen LogP) is 2.29. The molecule has 1 N–H and O–H groups in total. The number of aryl methyl sites for hydroxylation is 1. The monoisotopic (exact) mass is 269 g/mol. The summed E-state index contributed by atoms with van der Waals surface area (Å²) in [5, 5.41) is 7.85. The average molecular weight is 269 g/mol. The summed E-state index contributed by atoms with van der Waals surface area (Å²) in [5.74, 6) is 0.854. The normalized spacial score (nSPS) is 12.6. The van der Waals surface area contributed by atoms with Crippen LogP contribution in [0.25, 0.3) is 0 Å². The summed E-state index contributed by atoms with van der Waals surface area (Å²) >= 11 is 0. The van der Waals surface area contributed by atoms with Crippen molar-refractivity contribution in [3.63, 3.8) is 0 Å². The Labute approximate surface area is 116 Å². The number of rotatable bonds is 10. The molecular formula is C14H27N3O2. The standard InChI is InChI=1S/C14H27N3O2/c1-5-9-15-12(8-7-10-19-6-2)14-13(18-4)11-16-17(14)3/h11-12,15H,5-10H2,1-4H3. The van der Waals surface area contributed by atoms with Gasteiger partial charge in [0.2, 0.25) is 0 Å². The summed E-state index contributed by atoms with van der Waals surface area (Å²) < 4.78 is 12.7. The van der Waals surface area contributed by atoms with Crippen molar-refractivity contribution in [2.75, 3.05) is 26.9 Å². The molecule has 0 spiro atoms. The van der Waals surface area contributed by atoms with Gasteiger partial charge in [-0.2, -0.15) is 5.10 Å². The molecule has 1 rings (SSSR count). The second-order valence-corrected chi connectivity index (χ2v) is 4.57. The molecule has 0 bridgehead atoms. The molecule has 0 amide bonds. The van der Waals surface area contributed by atoms with E-state index in [1.807, 2.05) is 18.7 Å². The van der Waals surface area contributed by atoms with E-state index in [0.29, 0.717) is 0 Å². The highest BCUT2D eigenvalue weighted by atomic mass is 16.5. The Morgan fingerprint density at radius 3 is 2.84 bits per heavy atom. The summed E-state index contributed by atoms with van der Waals surface area (Å²) in [6.45, 7) is 6.78. The summed E-state index contributed by atoms with van der Waals surface area (Å²) in [6, 6.07) is 0.267. The van der Waals surface area contributed by atoms with Gasteiger partial charge in [0.15, 0.2) is 5.75 Å². The lowest BCUT2D eigenvalue weighted by Crippen LogP contribution is -2.25. The van der Waals surface area contributed by atoms with Crippen molar-refractivity contribution < 1.29 is 9.47 Å². The van der Waals surface area contributed by atoms with E-state index in [-0.39, 0.29) is 6.04 Å². The summed E-state index contributed by atoms with van der Waals surface area (Å²) in [7, 11) is 3.65. The highest BCUT2D eigenvalue weighted by Gasteiger charge is 2.19. The first-order valence-corrected chi connectivity index (χ1v) is 7.11. The maximum Gasteiger partial charge on any atom is 0.161 e. The lowest BCUT2D eigenvalue weighted by Gasteiger charge is -2.20. The Hall–Kier alpha value is -1.07.